The van der Waals surface area contributed by atoms with Crippen LogP contribution in [-0.4, -0.2) is 18.1 Å². The van der Waals surface area contributed by atoms with Crippen molar-refractivity contribution in [2.24, 2.45) is 5.92 Å². The predicted octanol–water partition coefficient (Wildman–Crippen LogP) is 2.88. The number of ether oxygens (including phenoxy) is 1. The lowest BCUT2D eigenvalue weighted by molar-refractivity contribution is 0.0594. The number of aryl methyl sites for hydroxylation is 1. The van der Waals surface area contributed by atoms with E-state index in [9.17, 15) is 4.79 Å². The first kappa shape index (κ1) is 11.2. The first-order chi connectivity index (χ1) is 7.61. The first-order valence-corrected chi connectivity index (χ1v) is 5.92. The molecule has 0 radical (unpaired) electrons. The van der Waals surface area contributed by atoms with Crippen LogP contribution in [0.2, 0.25) is 0 Å². The molecular weight excluding hydrogens is 202 g/mol. The van der Waals surface area contributed by atoms with Gasteiger partial charge in [-0.15, -0.1) is 0 Å². The third kappa shape index (κ3) is 1.99. The van der Waals surface area contributed by atoms with Crippen LogP contribution < -0.4 is 0 Å². The molecule has 2 rings (SSSR count). The molecule has 1 N–H and O–H groups in total. The zero-order valence-electron chi connectivity index (χ0n) is 10.2. The number of aromatic amines is 1. The Morgan fingerprint density at radius 2 is 2.38 bits per heavy atom. The van der Waals surface area contributed by atoms with Gasteiger partial charge >= 0.3 is 5.97 Å². The van der Waals surface area contributed by atoms with Crippen molar-refractivity contribution in [3.63, 3.8) is 0 Å². The van der Waals surface area contributed by atoms with Crippen LogP contribution in [0.15, 0.2) is 6.07 Å². The highest BCUT2D eigenvalue weighted by Crippen LogP contribution is 2.37. The summed E-state index contributed by atoms with van der Waals surface area (Å²) in [6.07, 6.45) is 3.47. The summed E-state index contributed by atoms with van der Waals surface area (Å²) < 4.78 is 4.72. The topological polar surface area (TPSA) is 42.1 Å². The smallest absolute Gasteiger partial charge is 0.354 e. The van der Waals surface area contributed by atoms with Crippen LogP contribution in [0.4, 0.5) is 0 Å². The van der Waals surface area contributed by atoms with E-state index in [1.54, 1.807) is 0 Å². The Hall–Kier alpha value is -1.25. The summed E-state index contributed by atoms with van der Waals surface area (Å²) in [7, 11) is 1.42. The van der Waals surface area contributed by atoms with Crippen molar-refractivity contribution in [1.29, 1.82) is 0 Å². The predicted molar refractivity (Wildman–Crippen MR) is 62.6 cm³/mol. The van der Waals surface area contributed by atoms with Gasteiger partial charge < -0.3 is 9.72 Å². The maximum absolute atomic E-state index is 11.4. The summed E-state index contributed by atoms with van der Waals surface area (Å²) in [5.41, 5.74) is 3.15. The fraction of sp³-hybridized carbons (Fsp3) is 0.615. The molecule has 0 saturated carbocycles. The quantitative estimate of drug-likeness (QED) is 0.797. The van der Waals surface area contributed by atoms with E-state index in [4.69, 9.17) is 4.74 Å². The lowest BCUT2D eigenvalue weighted by atomic mass is 9.93. The molecule has 1 atom stereocenters. The van der Waals surface area contributed by atoms with Crippen LogP contribution in [0, 0.1) is 5.92 Å². The molecular formula is C13H19NO2. The fourth-order valence-corrected chi connectivity index (χ4v) is 2.59. The van der Waals surface area contributed by atoms with Crippen molar-refractivity contribution in [3.8, 4) is 0 Å². The van der Waals surface area contributed by atoms with E-state index in [-0.39, 0.29) is 5.97 Å². The third-order valence-electron chi connectivity index (χ3n) is 3.28. The minimum atomic E-state index is -0.266. The maximum Gasteiger partial charge on any atom is 0.354 e. The second-order valence-corrected chi connectivity index (χ2v) is 4.97. The average molecular weight is 221 g/mol. The van der Waals surface area contributed by atoms with Crippen molar-refractivity contribution in [2.45, 2.75) is 39.0 Å². The minimum absolute atomic E-state index is 0.266. The number of H-pyrrole nitrogens is 1. The van der Waals surface area contributed by atoms with Gasteiger partial charge in [0.2, 0.25) is 0 Å². The van der Waals surface area contributed by atoms with Crippen LogP contribution in [0.3, 0.4) is 0 Å². The molecule has 1 aromatic rings. The van der Waals surface area contributed by atoms with E-state index in [0.717, 1.165) is 6.42 Å². The van der Waals surface area contributed by atoms with Gasteiger partial charge in [0.15, 0.2) is 0 Å². The molecule has 0 aromatic carbocycles. The summed E-state index contributed by atoms with van der Waals surface area (Å²) in [6, 6.07) is 1.97. The Balaban J connectivity index is 2.19. The summed E-state index contributed by atoms with van der Waals surface area (Å²) in [5.74, 6) is 1.05. The molecule has 16 heavy (non-hydrogen) atoms. The van der Waals surface area contributed by atoms with Gasteiger partial charge in [-0.1, -0.05) is 13.8 Å². The van der Waals surface area contributed by atoms with Crippen LogP contribution in [0.25, 0.3) is 0 Å². The standard InChI is InChI=1S/C13H19NO2/c1-8(2)6-9-4-5-11-10(9)7-12(14-11)13(15)16-3/h7-9,14H,4-6H2,1-3H3/t9-/m1/s1. The van der Waals surface area contributed by atoms with E-state index < -0.39 is 0 Å². The molecule has 1 aliphatic rings. The highest BCUT2D eigenvalue weighted by Gasteiger charge is 2.26. The normalized spacial score (nSPS) is 18.9. The van der Waals surface area contributed by atoms with Crippen LogP contribution >= 0.6 is 0 Å². The molecule has 0 fully saturated rings. The molecule has 0 unspecified atom stereocenters. The zero-order valence-corrected chi connectivity index (χ0v) is 10.2. The van der Waals surface area contributed by atoms with Crippen molar-refractivity contribution < 1.29 is 9.53 Å². The molecule has 0 saturated heterocycles. The molecule has 0 amide bonds. The molecule has 3 heteroatoms. The van der Waals surface area contributed by atoms with Gasteiger partial charge in [-0.25, -0.2) is 4.79 Å². The summed E-state index contributed by atoms with van der Waals surface area (Å²) in [5, 5.41) is 0. The Labute approximate surface area is 96.2 Å². The molecule has 88 valence electrons. The van der Waals surface area contributed by atoms with Gasteiger partial charge in [0.1, 0.15) is 5.69 Å². The summed E-state index contributed by atoms with van der Waals surface area (Å²) in [4.78, 5) is 14.6. The van der Waals surface area contributed by atoms with E-state index in [1.807, 2.05) is 6.07 Å². The summed E-state index contributed by atoms with van der Waals surface area (Å²) >= 11 is 0. The maximum atomic E-state index is 11.4. The number of hydrogen-bond donors (Lipinski definition) is 1. The monoisotopic (exact) mass is 221 g/mol. The Morgan fingerprint density at radius 1 is 1.62 bits per heavy atom. The Bertz CT molecular complexity index is 393. The zero-order chi connectivity index (χ0) is 11.7. The van der Waals surface area contributed by atoms with Gasteiger partial charge in [0, 0.05) is 5.69 Å². The second-order valence-electron chi connectivity index (χ2n) is 4.97. The van der Waals surface area contributed by atoms with Crippen LogP contribution in [-0.2, 0) is 11.2 Å². The van der Waals surface area contributed by atoms with E-state index >= 15 is 0 Å². The van der Waals surface area contributed by atoms with Gasteiger partial charge in [-0.3, -0.25) is 0 Å². The Kier molecular flexibility index (Phi) is 3.03. The first-order valence-electron chi connectivity index (χ1n) is 5.92. The number of rotatable bonds is 3. The van der Waals surface area contributed by atoms with E-state index in [2.05, 4.69) is 18.8 Å². The van der Waals surface area contributed by atoms with Crippen molar-refractivity contribution in [2.75, 3.05) is 7.11 Å². The van der Waals surface area contributed by atoms with E-state index in [1.165, 1.54) is 31.2 Å². The minimum Gasteiger partial charge on any atom is -0.464 e. The number of carbonyl (C=O) groups excluding carboxylic acids is 1. The number of aromatic nitrogens is 1. The number of nitrogens with one attached hydrogen (secondary N) is 1. The average Bonchev–Trinajstić information content (AvgIpc) is 2.78. The van der Waals surface area contributed by atoms with Crippen LogP contribution in [0.5, 0.6) is 0 Å². The third-order valence-corrected chi connectivity index (χ3v) is 3.28. The number of carbonyl (C=O) groups is 1. The molecule has 0 aliphatic heterocycles. The molecule has 1 aliphatic carbocycles. The lowest BCUT2D eigenvalue weighted by Crippen LogP contribution is -2.02. The van der Waals surface area contributed by atoms with E-state index in [0.29, 0.717) is 17.5 Å². The molecule has 3 nitrogen and oxygen atoms in total. The van der Waals surface area contributed by atoms with Gasteiger partial charge in [0.25, 0.3) is 0 Å². The molecule has 1 aromatic heterocycles. The van der Waals surface area contributed by atoms with Crippen molar-refractivity contribution in [3.05, 3.63) is 23.0 Å². The van der Waals surface area contributed by atoms with Gasteiger partial charge in [-0.05, 0) is 42.7 Å². The molecule has 0 bridgehead atoms. The van der Waals surface area contributed by atoms with Crippen molar-refractivity contribution >= 4 is 5.97 Å². The molecule has 1 heterocycles. The number of methoxy groups -OCH3 is 1. The summed E-state index contributed by atoms with van der Waals surface area (Å²) in [6.45, 7) is 4.48. The largest absolute Gasteiger partial charge is 0.464 e. The number of fused-ring (bicyclic) bond motifs is 1. The second kappa shape index (κ2) is 4.32. The highest BCUT2D eigenvalue weighted by atomic mass is 16.5. The van der Waals surface area contributed by atoms with Gasteiger partial charge in [0.05, 0.1) is 7.11 Å². The Morgan fingerprint density at radius 3 is 3.00 bits per heavy atom. The van der Waals surface area contributed by atoms with Gasteiger partial charge in [-0.2, -0.15) is 0 Å². The SMILES string of the molecule is COC(=O)c1cc2c([nH]1)CC[C@@H]2CC(C)C. The van der Waals surface area contributed by atoms with Crippen molar-refractivity contribution in [1.82, 2.24) is 4.98 Å². The van der Waals surface area contributed by atoms with Crippen LogP contribution in [0.1, 0.15) is 54.4 Å². The fourth-order valence-electron chi connectivity index (χ4n) is 2.59. The number of esters is 1. The molecule has 0 spiro atoms. The lowest BCUT2D eigenvalue weighted by Gasteiger charge is -2.12. The highest BCUT2D eigenvalue weighted by molar-refractivity contribution is 5.87. The number of hydrogen-bond acceptors (Lipinski definition) is 2.